The lowest BCUT2D eigenvalue weighted by Crippen LogP contribution is -2.27. The van der Waals surface area contributed by atoms with Gasteiger partial charge in [0, 0.05) is 0 Å². The monoisotopic (exact) mass is 199 g/mol. The van der Waals surface area contributed by atoms with Crippen molar-refractivity contribution in [2.75, 3.05) is 14.1 Å². The highest BCUT2D eigenvalue weighted by atomic mass is 16.3. The van der Waals surface area contributed by atoms with Gasteiger partial charge in [0.05, 0.1) is 0 Å². The number of unbranched alkanes of at least 4 members (excludes halogenated alkanes) is 5. The van der Waals surface area contributed by atoms with E-state index in [9.17, 15) is 5.11 Å². The normalized spacial score (nSPS) is 13.1. The molecular weight excluding hydrogens is 174 g/mol. The van der Waals surface area contributed by atoms with Crippen molar-refractivity contribution in [2.45, 2.75) is 51.2 Å². The lowest BCUT2D eigenvalue weighted by atomic mass is 10.1. The van der Waals surface area contributed by atoms with Gasteiger partial charge >= 0.3 is 0 Å². The van der Waals surface area contributed by atoms with Gasteiger partial charge in [0.2, 0.25) is 0 Å². The summed E-state index contributed by atoms with van der Waals surface area (Å²) in [5.41, 5.74) is 0. The fourth-order valence-corrected chi connectivity index (χ4v) is 1.40. The summed E-state index contributed by atoms with van der Waals surface area (Å²) < 4.78 is 0. The number of rotatable bonds is 9. The molecule has 0 rings (SSSR count). The fourth-order valence-electron chi connectivity index (χ4n) is 1.40. The zero-order valence-electron chi connectivity index (χ0n) is 9.71. The predicted octanol–water partition coefficient (Wildman–Crippen LogP) is 2.78. The molecule has 2 heteroatoms. The van der Waals surface area contributed by atoms with Crippen LogP contribution in [0.1, 0.15) is 44.9 Å². The van der Waals surface area contributed by atoms with Crippen LogP contribution >= 0.6 is 0 Å². The first-order chi connectivity index (χ1) is 6.68. The summed E-state index contributed by atoms with van der Waals surface area (Å²) in [5.74, 6) is 0. The Hall–Kier alpha value is -0.340. The summed E-state index contributed by atoms with van der Waals surface area (Å²) >= 11 is 0. The topological polar surface area (TPSA) is 23.5 Å². The van der Waals surface area contributed by atoms with Crippen LogP contribution in [0.4, 0.5) is 0 Å². The zero-order valence-corrected chi connectivity index (χ0v) is 9.71. The first-order valence-electron chi connectivity index (χ1n) is 5.64. The lowest BCUT2D eigenvalue weighted by molar-refractivity contribution is 0.0313. The van der Waals surface area contributed by atoms with Crippen LogP contribution in [-0.2, 0) is 0 Å². The van der Waals surface area contributed by atoms with Crippen LogP contribution in [0.2, 0.25) is 0 Å². The number of hydrogen-bond donors (Lipinski definition) is 1. The molecule has 0 aromatic carbocycles. The van der Waals surface area contributed by atoms with Crippen LogP contribution in [-0.4, -0.2) is 30.3 Å². The van der Waals surface area contributed by atoms with E-state index < -0.39 is 0 Å². The maximum Gasteiger partial charge on any atom is 0.106 e. The third-order valence-corrected chi connectivity index (χ3v) is 2.47. The molecule has 0 aromatic heterocycles. The van der Waals surface area contributed by atoms with Crippen LogP contribution in [0.5, 0.6) is 0 Å². The van der Waals surface area contributed by atoms with Gasteiger partial charge in [-0.1, -0.05) is 25.3 Å². The molecular formula is C12H25NO. The van der Waals surface area contributed by atoms with Crippen molar-refractivity contribution >= 4 is 0 Å². The average molecular weight is 199 g/mol. The van der Waals surface area contributed by atoms with Gasteiger partial charge in [-0.25, -0.2) is 0 Å². The van der Waals surface area contributed by atoms with Gasteiger partial charge in [0.1, 0.15) is 6.23 Å². The highest BCUT2D eigenvalue weighted by molar-refractivity contribution is 4.65. The van der Waals surface area contributed by atoms with Gasteiger partial charge < -0.3 is 5.11 Å². The van der Waals surface area contributed by atoms with Crippen molar-refractivity contribution in [3.05, 3.63) is 12.7 Å². The van der Waals surface area contributed by atoms with Crippen LogP contribution in [0.25, 0.3) is 0 Å². The van der Waals surface area contributed by atoms with Gasteiger partial charge in [-0.2, -0.15) is 0 Å². The summed E-state index contributed by atoms with van der Waals surface area (Å²) in [7, 11) is 3.82. The van der Waals surface area contributed by atoms with E-state index in [4.69, 9.17) is 0 Å². The molecule has 0 aliphatic rings. The summed E-state index contributed by atoms with van der Waals surface area (Å²) in [6.45, 7) is 3.70. The second kappa shape index (κ2) is 9.22. The van der Waals surface area contributed by atoms with E-state index in [0.29, 0.717) is 0 Å². The summed E-state index contributed by atoms with van der Waals surface area (Å²) in [4.78, 5) is 1.86. The summed E-state index contributed by atoms with van der Waals surface area (Å²) in [5, 5.41) is 9.48. The second-order valence-electron chi connectivity index (χ2n) is 4.08. The third-order valence-electron chi connectivity index (χ3n) is 2.47. The number of nitrogens with zero attached hydrogens (tertiary/aromatic N) is 1. The third kappa shape index (κ3) is 8.27. The quantitative estimate of drug-likeness (QED) is 0.351. The predicted molar refractivity (Wildman–Crippen MR) is 62.2 cm³/mol. The standard InChI is InChI=1S/C12H25NO/c1-4-5-6-7-8-9-10-11-12(14)13(2)3/h4,12,14H,1,5-11H2,2-3H3. The van der Waals surface area contributed by atoms with Crippen LogP contribution < -0.4 is 0 Å². The molecule has 0 radical (unpaired) electrons. The molecule has 1 N–H and O–H groups in total. The van der Waals surface area contributed by atoms with Gasteiger partial charge in [-0.15, -0.1) is 6.58 Å². The Labute approximate surface area is 88.6 Å². The van der Waals surface area contributed by atoms with Gasteiger partial charge in [-0.3, -0.25) is 4.90 Å². The SMILES string of the molecule is C=CCCCCCCCC(O)N(C)C. The van der Waals surface area contributed by atoms with E-state index in [1.807, 2.05) is 25.1 Å². The van der Waals surface area contributed by atoms with Gasteiger partial charge in [-0.05, 0) is 39.8 Å². The Balaban J connectivity index is 3.09. The van der Waals surface area contributed by atoms with Crippen LogP contribution in [0, 0.1) is 0 Å². The first kappa shape index (κ1) is 13.7. The summed E-state index contributed by atoms with van der Waals surface area (Å²) in [6, 6.07) is 0. The molecule has 0 saturated carbocycles. The Morgan fingerprint density at radius 3 is 2.29 bits per heavy atom. The molecule has 0 aliphatic heterocycles. The van der Waals surface area contributed by atoms with Crippen molar-refractivity contribution in [3.63, 3.8) is 0 Å². The molecule has 0 heterocycles. The molecule has 2 nitrogen and oxygen atoms in total. The Morgan fingerprint density at radius 2 is 1.71 bits per heavy atom. The Morgan fingerprint density at radius 1 is 1.14 bits per heavy atom. The van der Waals surface area contributed by atoms with Gasteiger partial charge in [0.15, 0.2) is 0 Å². The van der Waals surface area contributed by atoms with Crippen LogP contribution in [0.3, 0.4) is 0 Å². The smallest absolute Gasteiger partial charge is 0.106 e. The lowest BCUT2D eigenvalue weighted by Gasteiger charge is -2.17. The van der Waals surface area contributed by atoms with E-state index in [1.54, 1.807) is 0 Å². The molecule has 0 spiro atoms. The first-order valence-corrected chi connectivity index (χ1v) is 5.64. The Bertz CT molecular complexity index is 134. The van der Waals surface area contributed by atoms with E-state index >= 15 is 0 Å². The molecule has 14 heavy (non-hydrogen) atoms. The van der Waals surface area contributed by atoms with Crippen molar-refractivity contribution in [1.29, 1.82) is 0 Å². The molecule has 84 valence electrons. The number of aliphatic hydroxyl groups is 1. The maximum atomic E-state index is 9.48. The van der Waals surface area contributed by atoms with Crippen molar-refractivity contribution < 1.29 is 5.11 Å². The number of hydrogen-bond acceptors (Lipinski definition) is 2. The number of aliphatic hydroxyl groups excluding tert-OH is 1. The van der Waals surface area contributed by atoms with E-state index in [2.05, 4.69) is 6.58 Å². The molecule has 0 fully saturated rings. The van der Waals surface area contributed by atoms with Crippen molar-refractivity contribution in [2.24, 2.45) is 0 Å². The molecule has 1 atom stereocenters. The second-order valence-corrected chi connectivity index (χ2v) is 4.08. The molecule has 1 unspecified atom stereocenters. The minimum absolute atomic E-state index is 0.261. The fraction of sp³-hybridized carbons (Fsp3) is 0.833. The molecule has 0 aliphatic carbocycles. The summed E-state index contributed by atoms with van der Waals surface area (Å²) in [6.07, 6.45) is 9.97. The van der Waals surface area contributed by atoms with Crippen molar-refractivity contribution in [3.8, 4) is 0 Å². The van der Waals surface area contributed by atoms with Gasteiger partial charge in [0.25, 0.3) is 0 Å². The van der Waals surface area contributed by atoms with E-state index in [-0.39, 0.29) is 6.23 Å². The molecule has 0 bridgehead atoms. The van der Waals surface area contributed by atoms with Crippen LogP contribution in [0.15, 0.2) is 12.7 Å². The zero-order chi connectivity index (χ0) is 10.8. The molecule has 0 saturated heterocycles. The molecule has 0 aromatic rings. The average Bonchev–Trinajstić information content (AvgIpc) is 2.16. The highest BCUT2D eigenvalue weighted by Crippen LogP contribution is 2.09. The minimum atomic E-state index is -0.261. The Kier molecular flexibility index (Phi) is 9.00. The number of allylic oxidation sites excluding steroid dienone is 1. The maximum absolute atomic E-state index is 9.48. The highest BCUT2D eigenvalue weighted by Gasteiger charge is 2.04. The largest absolute Gasteiger partial charge is 0.378 e. The van der Waals surface area contributed by atoms with E-state index in [1.165, 1.54) is 25.7 Å². The molecule has 0 amide bonds. The minimum Gasteiger partial charge on any atom is -0.378 e. The van der Waals surface area contributed by atoms with E-state index in [0.717, 1.165) is 19.3 Å². The van der Waals surface area contributed by atoms with Crippen molar-refractivity contribution in [1.82, 2.24) is 4.90 Å².